The number of benzene rings is 8. The van der Waals surface area contributed by atoms with E-state index >= 15 is 0 Å². The summed E-state index contributed by atoms with van der Waals surface area (Å²) >= 11 is 0. The number of fused-ring (bicyclic) bond motifs is 6. The Bertz CT molecular complexity index is 3280. The molecular weight excluding hydrogens is 773 g/mol. The zero-order valence-corrected chi connectivity index (χ0v) is 33.9. The molecule has 6 heteroatoms. The van der Waals surface area contributed by atoms with E-state index in [1.165, 1.54) is 16.7 Å². The number of aromatic nitrogens is 4. The Morgan fingerprint density at radius 2 is 0.921 bits per heavy atom. The molecule has 0 fully saturated rings. The van der Waals surface area contributed by atoms with Gasteiger partial charge in [0, 0.05) is 34.0 Å². The average Bonchev–Trinajstić information content (AvgIpc) is 3.68. The minimum atomic E-state index is -0.540. The van der Waals surface area contributed by atoms with Gasteiger partial charge in [0.15, 0.2) is 40.5 Å². The number of pyridine rings is 1. The molecule has 6 nitrogen and oxygen atoms in total. The van der Waals surface area contributed by atoms with Crippen molar-refractivity contribution < 1.29 is 9.47 Å². The van der Waals surface area contributed by atoms with Gasteiger partial charge in [0.25, 0.3) is 0 Å². The molecule has 10 aromatic rings. The molecule has 12 rings (SSSR count). The van der Waals surface area contributed by atoms with Gasteiger partial charge < -0.3 is 9.47 Å². The van der Waals surface area contributed by atoms with Crippen molar-refractivity contribution >= 4 is 0 Å². The van der Waals surface area contributed by atoms with Crippen LogP contribution < -0.4 is 9.47 Å². The first-order chi connectivity index (χ1) is 31.2. The van der Waals surface area contributed by atoms with Gasteiger partial charge in [-0.3, -0.25) is 4.98 Å². The van der Waals surface area contributed by atoms with Gasteiger partial charge in [0.2, 0.25) is 0 Å². The maximum atomic E-state index is 6.99. The molecule has 1 aliphatic heterocycles. The smallest absolute Gasteiger partial charge is 0.178 e. The number of ether oxygens (including phenoxy) is 2. The summed E-state index contributed by atoms with van der Waals surface area (Å²) in [6.07, 6.45) is 1.80. The van der Waals surface area contributed by atoms with Gasteiger partial charge in [0.05, 0.1) is 11.1 Å². The third kappa shape index (κ3) is 6.11. The summed E-state index contributed by atoms with van der Waals surface area (Å²) < 4.78 is 13.6. The van der Waals surface area contributed by atoms with Crippen LogP contribution in [0.2, 0.25) is 0 Å². The molecule has 8 aromatic carbocycles. The Balaban J connectivity index is 0.910. The highest BCUT2D eigenvalue weighted by Gasteiger charge is 2.48. The van der Waals surface area contributed by atoms with E-state index in [1.807, 2.05) is 66.7 Å². The fourth-order valence-corrected chi connectivity index (χ4v) is 9.26. The van der Waals surface area contributed by atoms with Crippen LogP contribution in [0.5, 0.6) is 23.0 Å². The van der Waals surface area contributed by atoms with Crippen molar-refractivity contribution in [2.45, 2.75) is 5.41 Å². The molecule has 0 saturated carbocycles. The van der Waals surface area contributed by atoms with Crippen LogP contribution in [0.4, 0.5) is 0 Å². The van der Waals surface area contributed by atoms with E-state index < -0.39 is 5.41 Å². The lowest BCUT2D eigenvalue weighted by atomic mass is 9.68. The van der Waals surface area contributed by atoms with Crippen LogP contribution in [0.15, 0.2) is 219 Å². The number of nitrogens with zero attached hydrogens (tertiary/aromatic N) is 4. The third-order valence-electron chi connectivity index (χ3n) is 12.1. The Hall–Kier alpha value is -8.48. The summed E-state index contributed by atoms with van der Waals surface area (Å²) in [4.78, 5) is 19.5. The second-order valence-electron chi connectivity index (χ2n) is 15.8. The van der Waals surface area contributed by atoms with Gasteiger partial charge in [-0.1, -0.05) is 176 Å². The van der Waals surface area contributed by atoms with E-state index in [0.717, 1.165) is 61.5 Å². The molecule has 0 spiro atoms. The third-order valence-corrected chi connectivity index (χ3v) is 12.1. The van der Waals surface area contributed by atoms with E-state index in [-0.39, 0.29) is 0 Å². The van der Waals surface area contributed by atoms with E-state index in [2.05, 4.69) is 151 Å². The van der Waals surface area contributed by atoms with E-state index in [4.69, 9.17) is 24.4 Å². The Kier molecular flexibility index (Phi) is 8.61. The monoisotopic (exact) mass is 808 g/mol. The maximum absolute atomic E-state index is 6.99. The second-order valence-corrected chi connectivity index (χ2v) is 15.8. The lowest BCUT2D eigenvalue weighted by Gasteiger charge is -2.34. The zero-order valence-electron chi connectivity index (χ0n) is 33.9. The first kappa shape index (κ1) is 36.4. The van der Waals surface area contributed by atoms with Gasteiger partial charge in [-0.2, -0.15) is 0 Å². The summed E-state index contributed by atoms with van der Waals surface area (Å²) in [5, 5.41) is 0. The quantitative estimate of drug-likeness (QED) is 0.160. The first-order valence-electron chi connectivity index (χ1n) is 21.0. The van der Waals surface area contributed by atoms with Crippen molar-refractivity contribution in [3.8, 4) is 90.7 Å². The largest absolute Gasteiger partial charge is 0.449 e. The van der Waals surface area contributed by atoms with Crippen LogP contribution in [0.25, 0.3) is 67.7 Å². The van der Waals surface area contributed by atoms with E-state index in [1.54, 1.807) is 6.20 Å². The van der Waals surface area contributed by atoms with Crippen LogP contribution in [0, 0.1) is 0 Å². The summed E-state index contributed by atoms with van der Waals surface area (Å²) in [7, 11) is 0. The molecule has 0 atom stereocenters. The predicted molar refractivity (Wildman–Crippen MR) is 249 cm³/mol. The first-order valence-corrected chi connectivity index (χ1v) is 21.0. The SMILES string of the molecule is c1ccc(-c2nc(-c3ccc(-c4ccc5c(c4)Oc4c(ccc6c4-c4ccccc4C6(c4ccccc4)c4ccccc4)O5)cc3)nc(-c3cccc(-c4ccccn4)c3)n2)cc1. The maximum Gasteiger partial charge on any atom is 0.178 e. The topological polar surface area (TPSA) is 70.0 Å². The predicted octanol–water partition coefficient (Wildman–Crippen LogP) is 13.9. The summed E-state index contributed by atoms with van der Waals surface area (Å²) in [6.45, 7) is 0. The highest BCUT2D eigenvalue weighted by Crippen LogP contribution is 2.62. The summed E-state index contributed by atoms with van der Waals surface area (Å²) in [5.74, 6) is 4.53. The molecule has 0 radical (unpaired) electrons. The molecule has 0 bridgehead atoms. The number of hydrogen-bond acceptors (Lipinski definition) is 6. The fourth-order valence-electron chi connectivity index (χ4n) is 9.26. The molecule has 0 saturated heterocycles. The van der Waals surface area contributed by atoms with E-state index in [0.29, 0.717) is 34.7 Å². The lowest BCUT2D eigenvalue weighted by Crippen LogP contribution is -2.28. The van der Waals surface area contributed by atoms with Gasteiger partial charge >= 0.3 is 0 Å². The molecule has 2 aliphatic rings. The average molecular weight is 809 g/mol. The Labute approximate surface area is 364 Å². The van der Waals surface area contributed by atoms with Crippen molar-refractivity contribution in [2.75, 3.05) is 0 Å². The molecule has 0 amide bonds. The molecule has 0 unspecified atom stereocenters. The minimum absolute atomic E-state index is 0.540. The molecule has 0 N–H and O–H groups in total. The van der Waals surface area contributed by atoms with Crippen LogP contribution in [-0.4, -0.2) is 19.9 Å². The van der Waals surface area contributed by atoms with Gasteiger partial charge in [-0.25, -0.2) is 15.0 Å². The van der Waals surface area contributed by atoms with Crippen LogP contribution in [0.1, 0.15) is 22.3 Å². The van der Waals surface area contributed by atoms with Gasteiger partial charge in [-0.15, -0.1) is 0 Å². The molecule has 2 aromatic heterocycles. The zero-order chi connectivity index (χ0) is 41.7. The van der Waals surface area contributed by atoms with Crippen molar-refractivity contribution in [3.63, 3.8) is 0 Å². The number of rotatable bonds is 7. The Morgan fingerprint density at radius 3 is 1.63 bits per heavy atom. The van der Waals surface area contributed by atoms with Crippen molar-refractivity contribution in [3.05, 3.63) is 241 Å². The normalized spacial score (nSPS) is 12.8. The minimum Gasteiger partial charge on any atom is -0.449 e. The van der Waals surface area contributed by atoms with Crippen molar-refractivity contribution in [1.82, 2.24) is 19.9 Å². The molecule has 1 aliphatic carbocycles. The van der Waals surface area contributed by atoms with Gasteiger partial charge in [0.1, 0.15) is 0 Å². The molecule has 63 heavy (non-hydrogen) atoms. The summed E-state index contributed by atoms with van der Waals surface area (Å²) in [6, 6.07) is 73.1. The van der Waals surface area contributed by atoms with Gasteiger partial charge in [-0.05, 0) is 75.3 Å². The second kappa shape index (κ2) is 14.9. The molecule has 3 heterocycles. The van der Waals surface area contributed by atoms with Crippen LogP contribution in [-0.2, 0) is 5.41 Å². The fraction of sp³-hybridized carbons (Fsp3) is 0.0175. The van der Waals surface area contributed by atoms with Crippen LogP contribution >= 0.6 is 0 Å². The lowest BCUT2D eigenvalue weighted by molar-refractivity contribution is 0.360. The molecule has 296 valence electrons. The van der Waals surface area contributed by atoms with E-state index in [9.17, 15) is 0 Å². The summed E-state index contributed by atoms with van der Waals surface area (Å²) in [5.41, 5.74) is 13.0. The number of hydrogen-bond donors (Lipinski definition) is 0. The van der Waals surface area contributed by atoms with Crippen molar-refractivity contribution in [1.29, 1.82) is 0 Å². The standard InChI is InChI=1S/C57H36N4O2/c1-4-15-38(16-5-1)54-59-55(61-56(60-54)42-18-14-17-41(35-42)48-25-12-13-34-58-48)39-28-26-37(27-29-39)40-30-32-49-51(36-40)63-53-50(62-49)33-31-47-52(53)45-23-10-11-24-46(45)57(47,43-19-6-2-7-20-43)44-21-8-3-9-22-44/h1-36H. The van der Waals surface area contributed by atoms with Crippen molar-refractivity contribution in [2.24, 2.45) is 0 Å². The highest BCUT2D eigenvalue weighted by atomic mass is 16.6. The highest BCUT2D eigenvalue weighted by molar-refractivity contribution is 5.92. The molecular formula is C57H36N4O2. The Morgan fingerprint density at radius 1 is 0.349 bits per heavy atom. The van der Waals surface area contributed by atoms with Crippen LogP contribution in [0.3, 0.4) is 0 Å².